The number of aliphatic carboxylic acids is 1. The topological polar surface area (TPSA) is 52.6 Å². The summed E-state index contributed by atoms with van der Waals surface area (Å²) in [6.45, 7) is 1.90. The second kappa shape index (κ2) is 7.61. The number of unbranched alkanes of at least 4 members (excludes halogenated alkanes) is 1. The Morgan fingerprint density at radius 2 is 2.15 bits per heavy atom. The van der Waals surface area contributed by atoms with Gasteiger partial charge in [-0.2, -0.15) is 0 Å². The molecule has 0 radical (unpaired) electrons. The van der Waals surface area contributed by atoms with Gasteiger partial charge < -0.3 is 15.3 Å². The summed E-state index contributed by atoms with van der Waals surface area (Å²) in [5, 5.41) is 11.2. The van der Waals surface area contributed by atoms with Crippen LogP contribution in [0.15, 0.2) is 12.3 Å². The monoisotopic (exact) mass is 186 g/mol. The van der Waals surface area contributed by atoms with Crippen LogP contribution in [0, 0.1) is 0 Å². The van der Waals surface area contributed by atoms with Gasteiger partial charge in [-0.15, -0.1) is 0 Å². The van der Waals surface area contributed by atoms with Gasteiger partial charge in [0.15, 0.2) is 0 Å². The molecule has 0 aliphatic carbocycles. The zero-order chi connectivity index (χ0) is 10.1. The second-order valence-corrected chi connectivity index (χ2v) is 3.14. The Morgan fingerprint density at radius 1 is 1.46 bits per heavy atom. The number of hydrogen-bond acceptors (Lipinski definition) is 3. The lowest BCUT2D eigenvalue weighted by atomic mass is 10.3. The number of nitrogens with zero attached hydrogens (tertiary/aromatic N) is 1. The molecule has 0 aromatic rings. The molecule has 76 valence electrons. The number of hydrogen-bond donors (Lipinski definition) is 2. The summed E-state index contributed by atoms with van der Waals surface area (Å²) in [4.78, 5) is 12.2. The third-order valence-electron chi connectivity index (χ3n) is 1.52. The van der Waals surface area contributed by atoms with Crippen molar-refractivity contribution >= 4 is 5.97 Å². The van der Waals surface area contributed by atoms with Gasteiger partial charge in [-0.05, 0) is 33.5 Å². The minimum atomic E-state index is -0.916. The molecule has 4 nitrogen and oxygen atoms in total. The molecule has 0 spiro atoms. The number of carboxylic acids is 1. The van der Waals surface area contributed by atoms with Crippen molar-refractivity contribution in [2.75, 3.05) is 27.2 Å². The summed E-state index contributed by atoms with van der Waals surface area (Å²) in [6, 6.07) is 0. The fraction of sp³-hybridized carbons (Fsp3) is 0.667. The molecule has 0 rings (SSSR count). The van der Waals surface area contributed by atoms with E-state index < -0.39 is 5.97 Å². The van der Waals surface area contributed by atoms with E-state index in [1.807, 2.05) is 14.1 Å². The average molecular weight is 186 g/mol. The molecule has 4 heteroatoms. The maximum absolute atomic E-state index is 10.0. The van der Waals surface area contributed by atoms with Crippen LogP contribution in [0.5, 0.6) is 0 Å². The van der Waals surface area contributed by atoms with Gasteiger partial charge in [0.1, 0.15) is 0 Å². The first-order valence-electron chi connectivity index (χ1n) is 4.40. The maximum Gasteiger partial charge on any atom is 0.329 e. The highest BCUT2D eigenvalue weighted by atomic mass is 16.4. The van der Waals surface area contributed by atoms with Crippen LogP contribution in [0.4, 0.5) is 0 Å². The van der Waals surface area contributed by atoms with E-state index in [0.29, 0.717) is 0 Å². The number of carboxylic acid groups (broad SMARTS) is 1. The summed E-state index contributed by atoms with van der Waals surface area (Å²) in [6.07, 6.45) is 4.76. The normalized spacial score (nSPS) is 11.0. The van der Waals surface area contributed by atoms with Crippen LogP contribution >= 0.6 is 0 Å². The van der Waals surface area contributed by atoms with E-state index in [1.54, 1.807) is 0 Å². The summed E-state index contributed by atoms with van der Waals surface area (Å²) in [5.41, 5.74) is 0. The molecular weight excluding hydrogens is 168 g/mol. The van der Waals surface area contributed by atoms with Crippen LogP contribution in [0.3, 0.4) is 0 Å². The minimum absolute atomic E-state index is 0.831. The molecule has 2 N–H and O–H groups in total. The molecule has 0 aromatic heterocycles. The molecular formula is C9H18N2O2. The van der Waals surface area contributed by atoms with Gasteiger partial charge in [-0.1, -0.05) is 0 Å². The van der Waals surface area contributed by atoms with Gasteiger partial charge in [0.05, 0.1) is 0 Å². The van der Waals surface area contributed by atoms with Crippen molar-refractivity contribution in [2.24, 2.45) is 0 Å². The summed E-state index contributed by atoms with van der Waals surface area (Å²) in [7, 11) is 4.08. The number of nitrogens with one attached hydrogen (secondary N) is 1. The number of carbonyl (C=O) groups is 1. The zero-order valence-corrected chi connectivity index (χ0v) is 8.29. The third kappa shape index (κ3) is 11.0. The lowest BCUT2D eigenvalue weighted by Crippen LogP contribution is -2.15. The van der Waals surface area contributed by atoms with Crippen LogP contribution < -0.4 is 5.32 Å². The van der Waals surface area contributed by atoms with Crippen molar-refractivity contribution < 1.29 is 9.90 Å². The Morgan fingerprint density at radius 3 is 2.69 bits per heavy atom. The lowest BCUT2D eigenvalue weighted by Gasteiger charge is -2.08. The molecule has 13 heavy (non-hydrogen) atoms. The van der Waals surface area contributed by atoms with Crippen molar-refractivity contribution in [1.82, 2.24) is 10.2 Å². The number of rotatable bonds is 7. The smallest absolute Gasteiger partial charge is 0.329 e. The largest absolute Gasteiger partial charge is 0.478 e. The van der Waals surface area contributed by atoms with E-state index in [0.717, 1.165) is 32.0 Å². The van der Waals surface area contributed by atoms with Crippen LogP contribution in [0.25, 0.3) is 0 Å². The van der Waals surface area contributed by atoms with Crippen molar-refractivity contribution in [2.45, 2.75) is 12.8 Å². The van der Waals surface area contributed by atoms with E-state index in [-0.39, 0.29) is 0 Å². The fourth-order valence-corrected chi connectivity index (χ4v) is 0.869. The SMILES string of the molecule is CN(C)CCCCN/C=C/C(=O)O. The molecule has 0 saturated heterocycles. The molecule has 0 aliphatic rings. The Hall–Kier alpha value is -1.03. The molecule has 0 heterocycles. The molecule has 0 bridgehead atoms. The minimum Gasteiger partial charge on any atom is -0.478 e. The van der Waals surface area contributed by atoms with E-state index in [9.17, 15) is 4.79 Å². The molecule has 0 amide bonds. The molecule has 0 saturated carbocycles. The molecule has 0 aromatic carbocycles. The summed E-state index contributed by atoms with van der Waals surface area (Å²) in [5.74, 6) is -0.916. The Labute approximate surface area is 79.2 Å². The van der Waals surface area contributed by atoms with E-state index in [4.69, 9.17) is 5.11 Å². The summed E-state index contributed by atoms with van der Waals surface area (Å²) >= 11 is 0. The van der Waals surface area contributed by atoms with Gasteiger partial charge in [0, 0.05) is 18.8 Å². The predicted octanol–water partition coefficient (Wildman–Crippen LogP) is 0.516. The maximum atomic E-state index is 10.0. The molecule has 0 atom stereocenters. The van der Waals surface area contributed by atoms with Crippen molar-refractivity contribution in [3.05, 3.63) is 12.3 Å². The van der Waals surface area contributed by atoms with Crippen molar-refractivity contribution in [3.8, 4) is 0 Å². The first kappa shape index (κ1) is 12.0. The fourth-order valence-electron chi connectivity index (χ4n) is 0.869. The van der Waals surface area contributed by atoms with Gasteiger partial charge >= 0.3 is 5.97 Å². The zero-order valence-electron chi connectivity index (χ0n) is 8.29. The predicted molar refractivity (Wildman–Crippen MR) is 52.6 cm³/mol. The first-order valence-corrected chi connectivity index (χ1v) is 4.40. The van der Waals surface area contributed by atoms with Crippen LogP contribution in [0.2, 0.25) is 0 Å². The highest BCUT2D eigenvalue weighted by Gasteiger charge is 1.89. The van der Waals surface area contributed by atoms with E-state index in [2.05, 4.69) is 10.2 Å². The van der Waals surface area contributed by atoms with Gasteiger partial charge in [0.2, 0.25) is 0 Å². The lowest BCUT2D eigenvalue weighted by molar-refractivity contribution is -0.131. The van der Waals surface area contributed by atoms with Gasteiger partial charge in [-0.3, -0.25) is 0 Å². The van der Waals surface area contributed by atoms with Gasteiger partial charge in [0.25, 0.3) is 0 Å². The average Bonchev–Trinajstić information content (AvgIpc) is 2.01. The molecule has 0 fully saturated rings. The Kier molecular flexibility index (Phi) is 7.01. The third-order valence-corrected chi connectivity index (χ3v) is 1.52. The van der Waals surface area contributed by atoms with Crippen LogP contribution in [0.1, 0.15) is 12.8 Å². The molecule has 0 unspecified atom stereocenters. The van der Waals surface area contributed by atoms with Crippen LogP contribution in [-0.2, 0) is 4.79 Å². The standard InChI is InChI=1S/C9H18N2O2/c1-11(2)8-4-3-6-10-7-5-9(12)13/h5,7,10H,3-4,6,8H2,1-2H3,(H,12,13)/b7-5+. The summed E-state index contributed by atoms with van der Waals surface area (Å²) < 4.78 is 0. The van der Waals surface area contributed by atoms with Crippen molar-refractivity contribution in [3.63, 3.8) is 0 Å². The Bertz CT molecular complexity index is 167. The van der Waals surface area contributed by atoms with Crippen LogP contribution in [-0.4, -0.2) is 43.2 Å². The quantitative estimate of drug-likeness (QED) is 0.449. The van der Waals surface area contributed by atoms with Crippen molar-refractivity contribution in [1.29, 1.82) is 0 Å². The van der Waals surface area contributed by atoms with Gasteiger partial charge in [-0.25, -0.2) is 4.79 Å². The second-order valence-electron chi connectivity index (χ2n) is 3.14. The Balaban J connectivity index is 3.13. The first-order chi connectivity index (χ1) is 6.13. The highest BCUT2D eigenvalue weighted by molar-refractivity contribution is 5.79. The van der Waals surface area contributed by atoms with E-state index >= 15 is 0 Å². The van der Waals surface area contributed by atoms with E-state index in [1.165, 1.54) is 6.20 Å². The highest BCUT2D eigenvalue weighted by Crippen LogP contribution is 1.88. The molecule has 0 aliphatic heterocycles.